The highest BCUT2D eigenvalue weighted by atomic mass is 16.5. The third kappa shape index (κ3) is 1.99. The number of aryl methyl sites for hydroxylation is 1. The topological polar surface area (TPSA) is 77.2 Å². The van der Waals surface area contributed by atoms with Gasteiger partial charge < -0.3 is 14.4 Å². The van der Waals surface area contributed by atoms with Gasteiger partial charge in [0.2, 0.25) is 0 Å². The van der Waals surface area contributed by atoms with Crippen LogP contribution in [0.1, 0.15) is 30.6 Å². The average molecular weight is 211 g/mol. The molecule has 1 unspecified atom stereocenters. The summed E-state index contributed by atoms with van der Waals surface area (Å²) in [6.07, 6.45) is 1.78. The van der Waals surface area contributed by atoms with E-state index in [1.165, 1.54) is 0 Å². The van der Waals surface area contributed by atoms with E-state index < -0.39 is 5.97 Å². The van der Waals surface area contributed by atoms with Crippen LogP contribution in [-0.2, 0) is 16.1 Å². The Morgan fingerprint density at radius 1 is 1.67 bits per heavy atom. The summed E-state index contributed by atoms with van der Waals surface area (Å²) in [5.41, 5.74) is 0. The second kappa shape index (κ2) is 3.98. The number of carbonyl (C=O) groups is 1. The first-order valence-corrected chi connectivity index (χ1v) is 4.91. The number of aromatic nitrogens is 3. The van der Waals surface area contributed by atoms with E-state index in [-0.39, 0.29) is 12.6 Å². The molecule has 6 heteroatoms. The number of hydrogen-bond donors (Lipinski definition) is 1. The lowest BCUT2D eigenvalue weighted by molar-refractivity contribution is -0.137. The number of carboxylic acids is 1. The maximum absolute atomic E-state index is 10.7. The molecule has 0 bridgehead atoms. The molecular weight excluding hydrogens is 198 g/mol. The Hall–Kier alpha value is -1.43. The van der Waals surface area contributed by atoms with Gasteiger partial charge in [-0.3, -0.25) is 4.79 Å². The molecule has 82 valence electrons. The van der Waals surface area contributed by atoms with Crippen LogP contribution in [0.2, 0.25) is 0 Å². The summed E-state index contributed by atoms with van der Waals surface area (Å²) in [6.45, 7) is 2.35. The third-order valence-electron chi connectivity index (χ3n) is 2.48. The summed E-state index contributed by atoms with van der Waals surface area (Å²) in [7, 11) is 0. The number of ether oxygens (including phenoxy) is 1. The fourth-order valence-corrected chi connectivity index (χ4v) is 1.75. The van der Waals surface area contributed by atoms with Gasteiger partial charge in [0.1, 0.15) is 18.5 Å². The molecular formula is C9H13N3O3. The van der Waals surface area contributed by atoms with E-state index in [1.54, 1.807) is 11.5 Å². The highest BCUT2D eigenvalue weighted by molar-refractivity contribution is 5.66. The maximum Gasteiger partial charge on any atom is 0.323 e. The first-order chi connectivity index (χ1) is 7.18. The molecule has 0 spiro atoms. The minimum absolute atomic E-state index is 0.0921. The zero-order valence-electron chi connectivity index (χ0n) is 8.51. The number of carboxylic acid groups (broad SMARTS) is 1. The molecule has 1 aromatic rings. The number of nitrogens with zero attached hydrogens (tertiary/aromatic N) is 3. The van der Waals surface area contributed by atoms with Crippen LogP contribution in [0.5, 0.6) is 0 Å². The molecule has 2 rings (SSSR count). The second-order valence-corrected chi connectivity index (χ2v) is 3.59. The molecule has 15 heavy (non-hydrogen) atoms. The Morgan fingerprint density at radius 2 is 2.47 bits per heavy atom. The predicted octanol–water partition coefficient (Wildman–Crippen LogP) is 0.523. The molecule has 1 fully saturated rings. The fourth-order valence-electron chi connectivity index (χ4n) is 1.75. The van der Waals surface area contributed by atoms with E-state index in [9.17, 15) is 4.79 Å². The van der Waals surface area contributed by atoms with Crippen molar-refractivity contribution in [3.8, 4) is 0 Å². The fraction of sp³-hybridized carbons (Fsp3) is 0.667. The molecule has 1 N–H and O–H groups in total. The SMILES string of the molecule is Cc1nnc(C2CCCO2)n1CC(=O)O. The van der Waals surface area contributed by atoms with E-state index >= 15 is 0 Å². The molecule has 0 aliphatic carbocycles. The first kappa shape index (κ1) is 10.1. The highest BCUT2D eigenvalue weighted by Gasteiger charge is 2.24. The minimum atomic E-state index is -0.892. The predicted molar refractivity (Wildman–Crippen MR) is 50.3 cm³/mol. The van der Waals surface area contributed by atoms with Crippen molar-refractivity contribution in [3.63, 3.8) is 0 Å². The summed E-state index contributed by atoms with van der Waals surface area (Å²) < 4.78 is 7.05. The lowest BCUT2D eigenvalue weighted by Gasteiger charge is -2.10. The van der Waals surface area contributed by atoms with Gasteiger partial charge in [0.15, 0.2) is 5.82 Å². The molecule has 0 saturated carbocycles. The van der Waals surface area contributed by atoms with Gasteiger partial charge in [0.05, 0.1) is 0 Å². The highest BCUT2D eigenvalue weighted by Crippen LogP contribution is 2.27. The Balaban J connectivity index is 2.25. The molecule has 1 atom stereocenters. The van der Waals surface area contributed by atoms with Gasteiger partial charge in [0, 0.05) is 6.61 Å². The van der Waals surface area contributed by atoms with Crippen LogP contribution < -0.4 is 0 Å². The van der Waals surface area contributed by atoms with Gasteiger partial charge in [-0.25, -0.2) is 0 Å². The van der Waals surface area contributed by atoms with E-state index in [0.717, 1.165) is 12.8 Å². The van der Waals surface area contributed by atoms with Crippen LogP contribution in [0.3, 0.4) is 0 Å². The summed E-state index contributed by atoms with van der Waals surface area (Å²) in [4.78, 5) is 10.7. The van der Waals surface area contributed by atoms with Gasteiger partial charge in [0.25, 0.3) is 0 Å². The van der Waals surface area contributed by atoms with Gasteiger partial charge in [-0.05, 0) is 19.8 Å². The van der Waals surface area contributed by atoms with Crippen LogP contribution in [0.15, 0.2) is 0 Å². The van der Waals surface area contributed by atoms with Crippen molar-refractivity contribution in [2.24, 2.45) is 0 Å². The van der Waals surface area contributed by atoms with Crippen molar-refractivity contribution in [1.29, 1.82) is 0 Å². The summed E-state index contributed by atoms with van der Waals surface area (Å²) in [5, 5.41) is 16.6. The number of hydrogen-bond acceptors (Lipinski definition) is 4. The largest absolute Gasteiger partial charge is 0.480 e. The molecule has 0 radical (unpaired) electrons. The number of aliphatic carboxylic acids is 1. The van der Waals surface area contributed by atoms with Crippen LogP contribution in [0.4, 0.5) is 0 Å². The standard InChI is InChI=1S/C9H13N3O3/c1-6-10-11-9(7-3-2-4-15-7)12(6)5-8(13)14/h7H,2-5H2,1H3,(H,13,14). The van der Waals surface area contributed by atoms with Crippen molar-refractivity contribution >= 4 is 5.97 Å². The second-order valence-electron chi connectivity index (χ2n) is 3.59. The zero-order chi connectivity index (χ0) is 10.8. The third-order valence-corrected chi connectivity index (χ3v) is 2.48. The molecule has 6 nitrogen and oxygen atoms in total. The minimum Gasteiger partial charge on any atom is -0.480 e. The summed E-state index contributed by atoms with van der Waals surface area (Å²) >= 11 is 0. The molecule has 0 aromatic carbocycles. The smallest absolute Gasteiger partial charge is 0.323 e. The Labute approximate surface area is 86.9 Å². The molecule has 1 aromatic heterocycles. The Bertz CT molecular complexity index is 369. The zero-order valence-corrected chi connectivity index (χ0v) is 8.51. The molecule has 1 aliphatic rings. The Kier molecular flexibility index (Phi) is 2.68. The Morgan fingerprint density at radius 3 is 3.07 bits per heavy atom. The van der Waals surface area contributed by atoms with Crippen LogP contribution in [0, 0.1) is 6.92 Å². The van der Waals surface area contributed by atoms with E-state index in [0.29, 0.717) is 18.3 Å². The quantitative estimate of drug-likeness (QED) is 0.788. The van der Waals surface area contributed by atoms with Crippen molar-refractivity contribution in [3.05, 3.63) is 11.6 Å². The lowest BCUT2D eigenvalue weighted by Crippen LogP contribution is -2.15. The molecule has 1 saturated heterocycles. The summed E-state index contributed by atoms with van der Waals surface area (Å²) in [6, 6.07) is 0. The van der Waals surface area contributed by atoms with Gasteiger partial charge in [-0.2, -0.15) is 0 Å². The molecule has 0 amide bonds. The lowest BCUT2D eigenvalue weighted by atomic mass is 10.2. The van der Waals surface area contributed by atoms with Crippen LogP contribution in [-0.4, -0.2) is 32.4 Å². The molecule has 1 aliphatic heterocycles. The van der Waals surface area contributed by atoms with Crippen LogP contribution >= 0.6 is 0 Å². The van der Waals surface area contributed by atoms with Gasteiger partial charge >= 0.3 is 5.97 Å². The van der Waals surface area contributed by atoms with Crippen LogP contribution in [0.25, 0.3) is 0 Å². The average Bonchev–Trinajstić information content (AvgIpc) is 2.76. The van der Waals surface area contributed by atoms with Crippen molar-refractivity contribution in [2.45, 2.75) is 32.4 Å². The van der Waals surface area contributed by atoms with Crippen molar-refractivity contribution in [1.82, 2.24) is 14.8 Å². The van der Waals surface area contributed by atoms with E-state index in [2.05, 4.69) is 10.2 Å². The molecule has 2 heterocycles. The van der Waals surface area contributed by atoms with Crippen molar-refractivity contribution < 1.29 is 14.6 Å². The van der Waals surface area contributed by atoms with Gasteiger partial charge in [-0.15, -0.1) is 10.2 Å². The monoisotopic (exact) mass is 211 g/mol. The van der Waals surface area contributed by atoms with Crippen molar-refractivity contribution in [2.75, 3.05) is 6.61 Å². The van der Waals surface area contributed by atoms with E-state index in [1.807, 2.05) is 0 Å². The summed E-state index contributed by atoms with van der Waals surface area (Å²) in [5.74, 6) is 0.354. The normalized spacial score (nSPS) is 20.7. The first-order valence-electron chi connectivity index (χ1n) is 4.91. The van der Waals surface area contributed by atoms with Gasteiger partial charge in [-0.1, -0.05) is 0 Å². The number of rotatable bonds is 3. The maximum atomic E-state index is 10.7. The van der Waals surface area contributed by atoms with E-state index in [4.69, 9.17) is 9.84 Å².